The summed E-state index contributed by atoms with van der Waals surface area (Å²) in [5.74, 6) is -1.44. The summed E-state index contributed by atoms with van der Waals surface area (Å²) in [6.45, 7) is 1.69. The van der Waals surface area contributed by atoms with E-state index in [2.05, 4.69) is 15.0 Å². The summed E-state index contributed by atoms with van der Waals surface area (Å²) < 4.78 is 39.6. The zero-order valence-electron chi connectivity index (χ0n) is 13.1. The number of alkyl halides is 3. The molecule has 3 rings (SSSR count). The molecule has 0 radical (unpaired) electrons. The van der Waals surface area contributed by atoms with Crippen molar-refractivity contribution in [2.24, 2.45) is 16.6 Å². The normalized spacial score (nSPS) is 24.5. The zero-order chi connectivity index (χ0) is 17.4. The highest BCUT2D eigenvalue weighted by molar-refractivity contribution is 5.82. The number of amidine groups is 1. The summed E-state index contributed by atoms with van der Waals surface area (Å²) in [6.07, 6.45) is 0.0929. The Hall–Kier alpha value is -2.44. The van der Waals surface area contributed by atoms with Crippen LogP contribution in [0.5, 0.6) is 0 Å². The van der Waals surface area contributed by atoms with Crippen LogP contribution in [0.3, 0.4) is 0 Å². The van der Waals surface area contributed by atoms with E-state index in [9.17, 15) is 13.2 Å². The summed E-state index contributed by atoms with van der Waals surface area (Å²) in [5.41, 5.74) is 7.03. The fourth-order valence-corrected chi connectivity index (χ4v) is 3.11. The average molecular weight is 334 g/mol. The lowest BCUT2D eigenvalue weighted by molar-refractivity contribution is -0.179. The van der Waals surface area contributed by atoms with E-state index < -0.39 is 17.6 Å². The van der Waals surface area contributed by atoms with E-state index in [1.54, 1.807) is 31.5 Å². The number of nitrogens with two attached hydrogens (primary N) is 1. The predicted molar refractivity (Wildman–Crippen MR) is 85.2 cm³/mol. The Bertz CT molecular complexity index is 758. The number of rotatable bonds is 2. The van der Waals surface area contributed by atoms with E-state index in [1.165, 1.54) is 6.33 Å². The minimum atomic E-state index is -4.29. The van der Waals surface area contributed by atoms with Gasteiger partial charge in [0.1, 0.15) is 6.33 Å². The van der Waals surface area contributed by atoms with Crippen LogP contribution in [0.1, 0.15) is 25.3 Å². The number of halogens is 3. The van der Waals surface area contributed by atoms with E-state index in [4.69, 9.17) is 5.73 Å². The van der Waals surface area contributed by atoms with Crippen LogP contribution in [0.4, 0.5) is 13.2 Å². The van der Waals surface area contributed by atoms with Crippen molar-refractivity contribution in [3.05, 3.63) is 48.5 Å². The molecule has 2 aromatic rings. The maximum absolute atomic E-state index is 13.2. The molecular formula is C17H17F3N4. The molecule has 0 amide bonds. The van der Waals surface area contributed by atoms with Gasteiger partial charge in [-0.15, -0.1) is 0 Å². The fourth-order valence-electron chi connectivity index (χ4n) is 3.11. The second-order valence-electron chi connectivity index (χ2n) is 6.23. The molecule has 126 valence electrons. The van der Waals surface area contributed by atoms with Gasteiger partial charge >= 0.3 is 6.18 Å². The van der Waals surface area contributed by atoms with Crippen molar-refractivity contribution in [1.29, 1.82) is 0 Å². The lowest BCUT2D eigenvalue weighted by atomic mass is 9.78. The first-order valence-corrected chi connectivity index (χ1v) is 7.55. The average Bonchev–Trinajstić information content (AvgIpc) is 2.54. The Kier molecular flexibility index (Phi) is 4.03. The van der Waals surface area contributed by atoms with Crippen molar-refractivity contribution in [2.45, 2.75) is 31.5 Å². The third kappa shape index (κ3) is 3.25. The Balaban J connectivity index is 2.00. The Morgan fingerprint density at radius 2 is 1.88 bits per heavy atom. The molecule has 0 aliphatic carbocycles. The molecule has 1 aliphatic rings. The van der Waals surface area contributed by atoms with Crippen molar-refractivity contribution in [3.63, 3.8) is 0 Å². The second kappa shape index (κ2) is 5.89. The summed E-state index contributed by atoms with van der Waals surface area (Å²) in [4.78, 5) is 12.3. The molecule has 0 spiro atoms. The van der Waals surface area contributed by atoms with Crippen molar-refractivity contribution < 1.29 is 13.2 Å². The molecule has 2 heterocycles. The van der Waals surface area contributed by atoms with Crippen molar-refractivity contribution >= 4 is 5.84 Å². The first kappa shape index (κ1) is 16.4. The lowest BCUT2D eigenvalue weighted by Crippen LogP contribution is -2.40. The van der Waals surface area contributed by atoms with Crippen molar-refractivity contribution in [3.8, 4) is 11.1 Å². The highest BCUT2D eigenvalue weighted by atomic mass is 19.4. The summed E-state index contributed by atoms with van der Waals surface area (Å²) in [6, 6.07) is 7.27. The zero-order valence-corrected chi connectivity index (χ0v) is 13.1. The van der Waals surface area contributed by atoms with Crippen LogP contribution in [0.25, 0.3) is 11.1 Å². The maximum Gasteiger partial charge on any atom is 0.392 e. The van der Waals surface area contributed by atoms with E-state index in [0.717, 1.165) is 11.1 Å². The molecular weight excluding hydrogens is 317 g/mol. The number of benzene rings is 1. The molecule has 0 bridgehead atoms. The van der Waals surface area contributed by atoms with Gasteiger partial charge in [0, 0.05) is 24.4 Å². The maximum atomic E-state index is 13.2. The van der Waals surface area contributed by atoms with Gasteiger partial charge in [-0.1, -0.05) is 18.2 Å². The van der Waals surface area contributed by atoms with Gasteiger partial charge in [-0.2, -0.15) is 13.2 Å². The number of aromatic nitrogens is 2. The molecule has 1 aromatic carbocycles. The van der Waals surface area contributed by atoms with Crippen LogP contribution in [-0.2, 0) is 5.54 Å². The second-order valence-corrected chi connectivity index (χ2v) is 6.23. The molecule has 7 heteroatoms. The van der Waals surface area contributed by atoms with E-state index in [1.807, 2.05) is 12.1 Å². The summed E-state index contributed by atoms with van der Waals surface area (Å²) >= 11 is 0. The highest BCUT2D eigenvalue weighted by Gasteiger charge is 2.47. The fraction of sp³-hybridized carbons (Fsp3) is 0.353. The molecule has 0 saturated heterocycles. The van der Waals surface area contributed by atoms with Gasteiger partial charge in [-0.05, 0) is 30.5 Å². The third-order valence-corrected chi connectivity index (χ3v) is 4.33. The van der Waals surface area contributed by atoms with Crippen LogP contribution in [0, 0.1) is 5.92 Å². The Morgan fingerprint density at radius 3 is 2.54 bits per heavy atom. The van der Waals surface area contributed by atoms with Crippen molar-refractivity contribution in [1.82, 2.24) is 9.97 Å². The first-order valence-electron chi connectivity index (χ1n) is 7.55. The van der Waals surface area contributed by atoms with Crippen LogP contribution in [0.15, 0.2) is 48.0 Å². The number of hydrogen-bond acceptors (Lipinski definition) is 4. The summed E-state index contributed by atoms with van der Waals surface area (Å²) in [7, 11) is 0. The van der Waals surface area contributed by atoms with Crippen LogP contribution >= 0.6 is 0 Å². The van der Waals surface area contributed by atoms with Gasteiger partial charge in [0.25, 0.3) is 0 Å². The number of nitrogens with zero attached hydrogens (tertiary/aromatic N) is 3. The summed E-state index contributed by atoms with van der Waals surface area (Å²) in [5, 5.41) is 0. The van der Waals surface area contributed by atoms with E-state index in [-0.39, 0.29) is 18.7 Å². The van der Waals surface area contributed by atoms with Crippen molar-refractivity contribution in [2.75, 3.05) is 0 Å². The topological polar surface area (TPSA) is 64.2 Å². The van der Waals surface area contributed by atoms with Crippen LogP contribution < -0.4 is 5.73 Å². The monoisotopic (exact) mass is 334 g/mol. The Labute approximate surface area is 137 Å². The highest BCUT2D eigenvalue weighted by Crippen LogP contribution is 2.44. The predicted octanol–water partition coefficient (Wildman–Crippen LogP) is 3.69. The molecule has 0 fully saturated rings. The molecule has 4 nitrogen and oxygen atoms in total. The molecule has 24 heavy (non-hydrogen) atoms. The minimum absolute atomic E-state index is 0.0412. The SMILES string of the molecule is CC1(c2cccc(-c3cncnc3)c2)CC(C(F)(F)F)CC(N)=N1. The van der Waals surface area contributed by atoms with Gasteiger partial charge in [0.05, 0.1) is 17.3 Å². The molecule has 2 N–H and O–H groups in total. The molecule has 2 atom stereocenters. The third-order valence-electron chi connectivity index (χ3n) is 4.33. The quantitative estimate of drug-likeness (QED) is 0.911. The lowest BCUT2D eigenvalue weighted by Gasteiger charge is -2.36. The van der Waals surface area contributed by atoms with Gasteiger partial charge in [-0.3, -0.25) is 4.99 Å². The standard InChI is InChI=1S/C17H17F3N4/c1-16(7-14(17(18,19)20)6-15(21)24-16)13-4-2-3-11(5-13)12-8-22-10-23-9-12/h2-5,8-10,14H,6-7H2,1H3,(H2,21,24). The number of aliphatic imine (C=N–C) groups is 1. The largest absolute Gasteiger partial charge is 0.392 e. The van der Waals surface area contributed by atoms with Gasteiger partial charge in [-0.25, -0.2) is 9.97 Å². The van der Waals surface area contributed by atoms with Crippen LogP contribution in [-0.4, -0.2) is 22.0 Å². The first-order chi connectivity index (χ1) is 11.3. The van der Waals surface area contributed by atoms with E-state index >= 15 is 0 Å². The molecule has 2 unspecified atom stereocenters. The van der Waals surface area contributed by atoms with Gasteiger partial charge in [0.2, 0.25) is 0 Å². The molecule has 0 saturated carbocycles. The molecule has 1 aromatic heterocycles. The minimum Gasteiger partial charge on any atom is -0.387 e. The van der Waals surface area contributed by atoms with Gasteiger partial charge < -0.3 is 5.73 Å². The molecule has 1 aliphatic heterocycles. The number of hydrogen-bond donors (Lipinski definition) is 1. The van der Waals surface area contributed by atoms with E-state index in [0.29, 0.717) is 5.56 Å². The van der Waals surface area contributed by atoms with Gasteiger partial charge in [0.15, 0.2) is 0 Å². The smallest absolute Gasteiger partial charge is 0.387 e. The Morgan fingerprint density at radius 1 is 1.17 bits per heavy atom. The van der Waals surface area contributed by atoms with Crippen LogP contribution in [0.2, 0.25) is 0 Å².